The van der Waals surface area contributed by atoms with Gasteiger partial charge in [-0.15, -0.1) is 0 Å². The molecule has 3 heterocycles. The van der Waals surface area contributed by atoms with Gasteiger partial charge in [-0.05, 0) is 51.1 Å². The molecule has 0 bridgehead atoms. The van der Waals surface area contributed by atoms with Crippen molar-refractivity contribution in [2.24, 2.45) is 0 Å². The summed E-state index contributed by atoms with van der Waals surface area (Å²) in [4.78, 5) is 29.4. The molecular weight excluding hydrogens is 386 g/mol. The quantitative estimate of drug-likeness (QED) is 0.500. The lowest BCUT2D eigenvalue weighted by Gasteiger charge is -2.09. The molecule has 0 saturated heterocycles. The first kappa shape index (κ1) is 19.4. The van der Waals surface area contributed by atoms with Crippen molar-refractivity contribution >= 4 is 28.7 Å². The Kier molecular flexibility index (Phi) is 4.83. The van der Waals surface area contributed by atoms with Crippen molar-refractivity contribution < 1.29 is 23.3 Å². The molecule has 4 rings (SSSR count). The van der Waals surface area contributed by atoms with Crippen molar-refractivity contribution in [2.75, 3.05) is 12.4 Å². The lowest BCUT2D eigenvalue weighted by molar-refractivity contribution is 0.0600. The van der Waals surface area contributed by atoms with E-state index in [1.54, 1.807) is 37.3 Å². The van der Waals surface area contributed by atoms with Crippen LogP contribution in [0.4, 0.5) is 5.69 Å². The average molecular weight is 405 g/mol. The minimum absolute atomic E-state index is 0.261. The number of carbonyl (C=O) groups is 2. The monoisotopic (exact) mass is 405 g/mol. The Morgan fingerprint density at radius 2 is 1.90 bits per heavy atom. The number of pyridine rings is 1. The van der Waals surface area contributed by atoms with E-state index < -0.39 is 5.97 Å². The Morgan fingerprint density at radius 3 is 2.60 bits per heavy atom. The van der Waals surface area contributed by atoms with E-state index in [1.807, 2.05) is 19.9 Å². The van der Waals surface area contributed by atoms with Crippen molar-refractivity contribution in [1.82, 2.24) is 10.1 Å². The molecular formula is C22H19N3O5. The fourth-order valence-electron chi connectivity index (χ4n) is 3.34. The molecule has 0 unspecified atom stereocenters. The maximum absolute atomic E-state index is 13.2. The molecule has 1 amide bonds. The Morgan fingerprint density at radius 1 is 1.10 bits per heavy atom. The highest BCUT2D eigenvalue weighted by Crippen LogP contribution is 2.31. The number of nitrogens with one attached hydrogen (secondary N) is 1. The van der Waals surface area contributed by atoms with Crippen LogP contribution in [0.25, 0.3) is 22.4 Å². The van der Waals surface area contributed by atoms with Gasteiger partial charge in [-0.1, -0.05) is 11.2 Å². The number of rotatable bonds is 4. The number of fused-ring (bicyclic) bond motifs is 1. The zero-order valence-corrected chi connectivity index (χ0v) is 16.9. The summed E-state index contributed by atoms with van der Waals surface area (Å²) < 4.78 is 15.7. The molecule has 0 aliphatic rings. The van der Waals surface area contributed by atoms with Gasteiger partial charge in [0.1, 0.15) is 11.5 Å². The third kappa shape index (κ3) is 3.43. The predicted molar refractivity (Wildman–Crippen MR) is 109 cm³/mol. The summed E-state index contributed by atoms with van der Waals surface area (Å²) in [5.41, 5.74) is 3.27. The van der Waals surface area contributed by atoms with E-state index >= 15 is 0 Å². The van der Waals surface area contributed by atoms with Crippen LogP contribution >= 0.6 is 0 Å². The van der Waals surface area contributed by atoms with E-state index in [0.29, 0.717) is 39.3 Å². The van der Waals surface area contributed by atoms with E-state index in [2.05, 4.69) is 15.5 Å². The van der Waals surface area contributed by atoms with Gasteiger partial charge in [0.2, 0.25) is 0 Å². The van der Waals surface area contributed by atoms with E-state index in [4.69, 9.17) is 13.7 Å². The maximum Gasteiger partial charge on any atom is 0.337 e. The smallest absolute Gasteiger partial charge is 0.337 e. The molecule has 0 radical (unpaired) electrons. The number of amides is 1. The van der Waals surface area contributed by atoms with Gasteiger partial charge in [-0.25, -0.2) is 9.78 Å². The number of hydrogen-bond acceptors (Lipinski definition) is 7. The third-order valence-electron chi connectivity index (χ3n) is 4.72. The van der Waals surface area contributed by atoms with Gasteiger partial charge in [0, 0.05) is 11.3 Å². The van der Waals surface area contributed by atoms with Crippen molar-refractivity contribution in [1.29, 1.82) is 0 Å². The summed E-state index contributed by atoms with van der Waals surface area (Å²) in [6, 6.07) is 10.1. The Hall–Kier alpha value is -3.94. The molecule has 0 spiro atoms. The highest BCUT2D eigenvalue weighted by Gasteiger charge is 2.21. The van der Waals surface area contributed by atoms with Crippen LogP contribution in [0, 0.1) is 20.8 Å². The number of furan rings is 1. The molecule has 152 valence electrons. The van der Waals surface area contributed by atoms with Gasteiger partial charge in [0.25, 0.3) is 11.6 Å². The Labute approximate surface area is 171 Å². The number of carbonyl (C=O) groups excluding carboxylic acids is 2. The van der Waals surface area contributed by atoms with Crippen LogP contribution < -0.4 is 5.32 Å². The maximum atomic E-state index is 13.2. The van der Waals surface area contributed by atoms with Crippen LogP contribution in [0.15, 0.2) is 45.3 Å². The fraction of sp³-hybridized carbons (Fsp3) is 0.182. The van der Waals surface area contributed by atoms with Gasteiger partial charge in [0.15, 0.2) is 0 Å². The number of aromatic nitrogens is 2. The minimum Gasteiger partial charge on any atom is -0.466 e. The van der Waals surface area contributed by atoms with E-state index in [0.717, 1.165) is 11.3 Å². The van der Waals surface area contributed by atoms with Gasteiger partial charge in [0.05, 0.1) is 35.0 Å². The second-order valence-electron chi connectivity index (χ2n) is 6.86. The molecule has 8 nitrogen and oxygen atoms in total. The largest absolute Gasteiger partial charge is 0.466 e. The lowest BCUT2D eigenvalue weighted by atomic mass is 10.1. The molecule has 1 aromatic carbocycles. The molecule has 0 aliphatic carbocycles. The van der Waals surface area contributed by atoms with E-state index in [1.165, 1.54) is 7.11 Å². The third-order valence-corrected chi connectivity index (χ3v) is 4.72. The molecule has 0 fully saturated rings. The number of benzene rings is 1. The SMILES string of the molecule is COC(=O)c1cccc(NC(=O)c2cc(-c3cc(C)oc3C)nc3onc(C)c23)c1. The second-order valence-corrected chi connectivity index (χ2v) is 6.86. The number of anilines is 1. The molecule has 0 aliphatic heterocycles. The van der Waals surface area contributed by atoms with Crippen molar-refractivity contribution in [3.8, 4) is 11.3 Å². The molecule has 0 saturated carbocycles. The van der Waals surface area contributed by atoms with Crippen LogP contribution in [0.3, 0.4) is 0 Å². The molecule has 4 aromatic rings. The topological polar surface area (TPSA) is 107 Å². The number of aryl methyl sites for hydroxylation is 3. The second kappa shape index (κ2) is 7.47. The summed E-state index contributed by atoms with van der Waals surface area (Å²) in [5.74, 6) is 0.562. The summed E-state index contributed by atoms with van der Waals surface area (Å²) >= 11 is 0. The van der Waals surface area contributed by atoms with Crippen LogP contribution in [0.5, 0.6) is 0 Å². The molecule has 3 aromatic heterocycles. The number of hydrogen-bond donors (Lipinski definition) is 1. The molecule has 8 heteroatoms. The normalized spacial score (nSPS) is 10.9. The van der Waals surface area contributed by atoms with Gasteiger partial charge >= 0.3 is 5.97 Å². The fourth-order valence-corrected chi connectivity index (χ4v) is 3.34. The van der Waals surface area contributed by atoms with Crippen LogP contribution in [-0.4, -0.2) is 29.1 Å². The minimum atomic E-state index is -0.486. The number of ether oxygens (including phenoxy) is 1. The molecule has 0 atom stereocenters. The zero-order valence-electron chi connectivity index (χ0n) is 16.9. The van der Waals surface area contributed by atoms with Crippen molar-refractivity contribution in [3.63, 3.8) is 0 Å². The predicted octanol–water partition coefficient (Wildman–Crippen LogP) is 4.45. The molecule has 30 heavy (non-hydrogen) atoms. The number of methoxy groups -OCH3 is 1. The standard InChI is InChI=1S/C22H19N3O5/c1-11-8-16(13(3)29-11)18-10-17(19-12(2)25-30-21(19)24-18)20(26)23-15-7-5-6-14(9-15)22(27)28-4/h5-10H,1-4H3,(H,23,26). The van der Waals surface area contributed by atoms with Crippen molar-refractivity contribution in [2.45, 2.75) is 20.8 Å². The van der Waals surface area contributed by atoms with Crippen LogP contribution in [0.1, 0.15) is 37.9 Å². The first-order chi connectivity index (χ1) is 14.4. The van der Waals surface area contributed by atoms with E-state index in [9.17, 15) is 9.59 Å². The summed E-state index contributed by atoms with van der Waals surface area (Å²) in [6.45, 7) is 5.42. The lowest BCUT2D eigenvalue weighted by Crippen LogP contribution is -2.14. The summed E-state index contributed by atoms with van der Waals surface area (Å²) in [5, 5.41) is 7.30. The Bertz CT molecular complexity index is 1290. The number of esters is 1. The zero-order chi connectivity index (χ0) is 21.4. The highest BCUT2D eigenvalue weighted by atomic mass is 16.5. The first-order valence-corrected chi connectivity index (χ1v) is 9.21. The molecule has 1 N–H and O–H groups in total. The summed E-state index contributed by atoms with van der Waals surface area (Å²) in [6.07, 6.45) is 0. The van der Waals surface area contributed by atoms with Crippen molar-refractivity contribution in [3.05, 3.63) is 64.7 Å². The highest BCUT2D eigenvalue weighted by molar-refractivity contribution is 6.13. The average Bonchev–Trinajstić information content (AvgIpc) is 3.28. The van der Waals surface area contributed by atoms with Gasteiger partial charge in [-0.3, -0.25) is 4.79 Å². The van der Waals surface area contributed by atoms with Gasteiger partial charge < -0.3 is 19.0 Å². The van der Waals surface area contributed by atoms with Crippen LogP contribution in [-0.2, 0) is 4.74 Å². The first-order valence-electron chi connectivity index (χ1n) is 9.21. The van der Waals surface area contributed by atoms with Crippen LogP contribution in [0.2, 0.25) is 0 Å². The summed E-state index contributed by atoms with van der Waals surface area (Å²) in [7, 11) is 1.30. The Balaban J connectivity index is 1.78. The number of nitrogens with zero attached hydrogens (tertiary/aromatic N) is 2. The van der Waals surface area contributed by atoms with E-state index in [-0.39, 0.29) is 11.6 Å². The van der Waals surface area contributed by atoms with Gasteiger partial charge in [-0.2, -0.15) is 0 Å².